The quantitative estimate of drug-likeness (QED) is 0.451. The summed E-state index contributed by atoms with van der Waals surface area (Å²) in [5.74, 6) is 0.684. The van der Waals surface area contributed by atoms with Crippen LogP contribution in [0.1, 0.15) is 12.8 Å². The van der Waals surface area contributed by atoms with E-state index in [1.165, 1.54) is 12.3 Å². The van der Waals surface area contributed by atoms with Crippen LogP contribution in [0, 0.1) is 16.0 Å². The zero-order valence-corrected chi connectivity index (χ0v) is 10.2. The van der Waals surface area contributed by atoms with Crippen molar-refractivity contribution in [1.29, 1.82) is 0 Å². The first-order chi connectivity index (χ1) is 9.16. The Bertz CT molecular complexity index is 516. The SMILES string of the molecule is O=C1OCC[C@H]2CCN(c3ccc([N+](=O)[O-])cn3)[C@@H]12. The summed E-state index contributed by atoms with van der Waals surface area (Å²) < 4.78 is 5.09. The molecule has 3 rings (SSSR count). The maximum Gasteiger partial charge on any atom is 0.329 e. The van der Waals surface area contributed by atoms with Crippen LogP contribution in [0.5, 0.6) is 0 Å². The number of nitro groups is 1. The van der Waals surface area contributed by atoms with Crippen molar-refractivity contribution in [2.24, 2.45) is 5.92 Å². The minimum absolute atomic E-state index is 0.0503. The maximum atomic E-state index is 11.8. The van der Waals surface area contributed by atoms with Crippen LogP contribution in [0.3, 0.4) is 0 Å². The number of aromatic nitrogens is 1. The molecule has 1 aromatic rings. The van der Waals surface area contributed by atoms with Crippen molar-refractivity contribution in [3.63, 3.8) is 0 Å². The summed E-state index contributed by atoms with van der Waals surface area (Å²) in [5, 5.41) is 10.6. The van der Waals surface area contributed by atoms with E-state index in [9.17, 15) is 14.9 Å². The van der Waals surface area contributed by atoms with Gasteiger partial charge in [-0.2, -0.15) is 0 Å². The van der Waals surface area contributed by atoms with Gasteiger partial charge in [0.1, 0.15) is 18.1 Å². The molecule has 19 heavy (non-hydrogen) atoms. The van der Waals surface area contributed by atoms with Crippen molar-refractivity contribution in [2.75, 3.05) is 18.1 Å². The fraction of sp³-hybridized carbons (Fsp3) is 0.500. The molecule has 0 aliphatic carbocycles. The van der Waals surface area contributed by atoms with Crippen LogP contribution in [0.25, 0.3) is 0 Å². The van der Waals surface area contributed by atoms with Gasteiger partial charge in [-0.25, -0.2) is 9.78 Å². The minimum atomic E-state index is -0.488. The summed E-state index contributed by atoms with van der Waals surface area (Å²) in [5.41, 5.74) is -0.0503. The summed E-state index contributed by atoms with van der Waals surface area (Å²) in [4.78, 5) is 27.9. The Morgan fingerprint density at radius 3 is 2.95 bits per heavy atom. The van der Waals surface area contributed by atoms with Crippen LogP contribution >= 0.6 is 0 Å². The third-order valence-corrected chi connectivity index (χ3v) is 3.73. The second kappa shape index (κ2) is 4.49. The molecule has 0 unspecified atom stereocenters. The van der Waals surface area contributed by atoms with E-state index in [1.54, 1.807) is 6.07 Å². The summed E-state index contributed by atoms with van der Waals surface area (Å²) in [6.07, 6.45) is 3.02. The van der Waals surface area contributed by atoms with E-state index >= 15 is 0 Å². The molecule has 0 saturated carbocycles. The minimum Gasteiger partial charge on any atom is -0.464 e. The Balaban J connectivity index is 1.85. The zero-order valence-electron chi connectivity index (χ0n) is 10.2. The predicted octanol–water partition coefficient (Wildman–Crippen LogP) is 1.13. The van der Waals surface area contributed by atoms with Gasteiger partial charge in [-0.15, -0.1) is 0 Å². The largest absolute Gasteiger partial charge is 0.464 e. The van der Waals surface area contributed by atoms with Gasteiger partial charge in [-0.3, -0.25) is 10.1 Å². The molecule has 2 atom stereocenters. The normalized spacial score (nSPS) is 25.9. The van der Waals surface area contributed by atoms with Gasteiger partial charge < -0.3 is 9.64 Å². The molecular weight excluding hydrogens is 250 g/mol. The van der Waals surface area contributed by atoms with Gasteiger partial charge >= 0.3 is 5.97 Å². The Morgan fingerprint density at radius 2 is 2.26 bits per heavy atom. The molecule has 2 aliphatic rings. The number of esters is 1. The Kier molecular flexibility index (Phi) is 2.81. The van der Waals surface area contributed by atoms with Gasteiger partial charge in [0.15, 0.2) is 0 Å². The van der Waals surface area contributed by atoms with Crippen molar-refractivity contribution in [2.45, 2.75) is 18.9 Å². The summed E-state index contributed by atoms with van der Waals surface area (Å²) in [7, 11) is 0. The molecule has 2 fully saturated rings. The van der Waals surface area contributed by atoms with Crippen molar-refractivity contribution < 1.29 is 14.5 Å². The van der Waals surface area contributed by atoms with Crippen LogP contribution in [0.4, 0.5) is 11.5 Å². The number of nitrogens with zero attached hydrogens (tertiary/aromatic N) is 3. The van der Waals surface area contributed by atoms with Crippen LogP contribution in [-0.2, 0) is 9.53 Å². The third-order valence-electron chi connectivity index (χ3n) is 3.73. The lowest BCUT2D eigenvalue weighted by Crippen LogP contribution is -2.44. The maximum absolute atomic E-state index is 11.8. The number of carbonyl (C=O) groups is 1. The molecule has 7 heteroatoms. The smallest absolute Gasteiger partial charge is 0.329 e. The molecule has 0 amide bonds. The number of fused-ring (bicyclic) bond motifs is 1. The van der Waals surface area contributed by atoms with Crippen molar-refractivity contribution in [3.8, 4) is 0 Å². The number of pyridine rings is 1. The molecule has 2 aliphatic heterocycles. The van der Waals surface area contributed by atoms with Gasteiger partial charge in [0.2, 0.25) is 0 Å². The highest BCUT2D eigenvalue weighted by molar-refractivity contribution is 5.81. The lowest BCUT2D eigenvalue weighted by Gasteiger charge is -2.30. The average molecular weight is 263 g/mol. The van der Waals surface area contributed by atoms with Crippen LogP contribution in [0.15, 0.2) is 18.3 Å². The molecule has 1 aromatic heterocycles. The van der Waals surface area contributed by atoms with E-state index in [1.807, 2.05) is 4.90 Å². The third kappa shape index (κ3) is 2.00. The summed E-state index contributed by atoms with van der Waals surface area (Å²) >= 11 is 0. The number of carbonyl (C=O) groups excluding carboxylic acids is 1. The molecular formula is C12H13N3O4. The Hall–Kier alpha value is -2.18. The highest BCUT2D eigenvalue weighted by Crippen LogP contribution is 2.34. The molecule has 0 bridgehead atoms. The molecule has 0 spiro atoms. The number of cyclic esters (lactones) is 1. The first-order valence-corrected chi connectivity index (χ1v) is 6.20. The van der Waals surface area contributed by atoms with Crippen molar-refractivity contribution in [1.82, 2.24) is 4.98 Å². The zero-order chi connectivity index (χ0) is 13.4. The molecule has 2 saturated heterocycles. The van der Waals surface area contributed by atoms with E-state index in [2.05, 4.69) is 4.98 Å². The summed E-state index contributed by atoms with van der Waals surface area (Å²) in [6, 6.07) is 2.70. The number of hydrogen-bond donors (Lipinski definition) is 0. The number of ether oxygens (including phenoxy) is 1. The number of rotatable bonds is 2. The second-order valence-electron chi connectivity index (χ2n) is 4.77. The molecule has 0 radical (unpaired) electrons. The molecule has 7 nitrogen and oxygen atoms in total. The van der Waals surface area contributed by atoms with Crippen molar-refractivity contribution >= 4 is 17.5 Å². The Labute approximate surface area is 109 Å². The van der Waals surface area contributed by atoms with Gasteiger partial charge in [0.25, 0.3) is 5.69 Å². The fourth-order valence-electron chi connectivity index (χ4n) is 2.79. The Morgan fingerprint density at radius 1 is 1.42 bits per heavy atom. The number of anilines is 1. The van der Waals surface area contributed by atoms with E-state index in [-0.39, 0.29) is 17.7 Å². The van der Waals surface area contributed by atoms with Crippen LogP contribution < -0.4 is 4.90 Å². The molecule has 0 N–H and O–H groups in total. The lowest BCUT2D eigenvalue weighted by atomic mass is 9.95. The first kappa shape index (κ1) is 11.9. The van der Waals surface area contributed by atoms with E-state index in [4.69, 9.17) is 4.74 Å². The highest BCUT2D eigenvalue weighted by atomic mass is 16.6. The molecule has 3 heterocycles. The van der Waals surface area contributed by atoms with Crippen LogP contribution in [0.2, 0.25) is 0 Å². The molecule has 100 valence electrons. The lowest BCUT2D eigenvalue weighted by molar-refractivity contribution is -0.385. The topological polar surface area (TPSA) is 85.6 Å². The number of hydrogen-bond acceptors (Lipinski definition) is 6. The van der Waals surface area contributed by atoms with Gasteiger partial charge in [-0.05, 0) is 24.8 Å². The first-order valence-electron chi connectivity index (χ1n) is 6.20. The fourth-order valence-corrected chi connectivity index (χ4v) is 2.79. The van der Waals surface area contributed by atoms with Gasteiger partial charge in [-0.1, -0.05) is 0 Å². The van der Waals surface area contributed by atoms with Gasteiger partial charge in [0, 0.05) is 12.6 Å². The average Bonchev–Trinajstić information content (AvgIpc) is 2.84. The van der Waals surface area contributed by atoms with Crippen molar-refractivity contribution in [3.05, 3.63) is 28.4 Å². The molecule has 0 aromatic carbocycles. The van der Waals surface area contributed by atoms with E-state index in [0.717, 1.165) is 19.4 Å². The van der Waals surface area contributed by atoms with Crippen LogP contribution in [-0.4, -0.2) is 35.1 Å². The summed E-state index contributed by atoms with van der Waals surface area (Å²) in [6.45, 7) is 1.22. The van der Waals surface area contributed by atoms with E-state index < -0.39 is 4.92 Å². The van der Waals surface area contributed by atoms with Gasteiger partial charge in [0.05, 0.1) is 11.5 Å². The monoisotopic (exact) mass is 263 g/mol. The predicted molar refractivity (Wildman–Crippen MR) is 65.7 cm³/mol. The standard InChI is InChI=1S/C12H13N3O4/c16-12-11-8(4-6-19-12)3-5-14(11)10-2-1-9(7-13-10)15(17)18/h1-2,7-8,11H,3-6H2/t8-,11-/m1/s1. The van der Waals surface area contributed by atoms with E-state index in [0.29, 0.717) is 18.3 Å². The highest BCUT2D eigenvalue weighted by Gasteiger charge is 2.43. The second-order valence-corrected chi connectivity index (χ2v) is 4.77.